The molecular formula is C17H12F2N2O3. The number of aryl methyl sites for hydroxylation is 1. The molecule has 2 aromatic carbocycles. The van der Waals surface area contributed by atoms with Crippen LogP contribution in [0.15, 0.2) is 47.0 Å². The minimum Gasteiger partial charge on any atom is -0.452 e. The van der Waals surface area contributed by atoms with Crippen molar-refractivity contribution in [3.05, 3.63) is 71.1 Å². The molecule has 0 aliphatic carbocycles. The Morgan fingerprint density at radius 3 is 2.46 bits per heavy atom. The molecule has 0 aliphatic heterocycles. The van der Waals surface area contributed by atoms with Gasteiger partial charge >= 0.3 is 5.97 Å². The fraction of sp³-hybridized carbons (Fsp3) is 0.118. The summed E-state index contributed by atoms with van der Waals surface area (Å²) in [5, 5.41) is 3.80. The Labute approximate surface area is 135 Å². The smallest absolute Gasteiger partial charge is 0.338 e. The van der Waals surface area contributed by atoms with Crippen molar-refractivity contribution in [2.24, 2.45) is 0 Å². The predicted molar refractivity (Wildman–Crippen MR) is 79.9 cm³/mol. The van der Waals surface area contributed by atoms with Crippen LogP contribution in [0.4, 0.5) is 8.78 Å². The number of carbonyl (C=O) groups excluding carboxylic acids is 1. The molecule has 1 aromatic heterocycles. The van der Waals surface area contributed by atoms with Crippen molar-refractivity contribution < 1.29 is 22.8 Å². The standard InChI is InChI=1S/C17H12F2N2O3/c1-10-2-4-11(5-3-10)16-20-15(24-21-16)9-23-17(22)12-6-13(18)8-14(19)7-12/h2-8H,9H2,1H3. The maximum absolute atomic E-state index is 13.1. The first-order chi connectivity index (χ1) is 11.5. The molecule has 24 heavy (non-hydrogen) atoms. The highest BCUT2D eigenvalue weighted by atomic mass is 19.1. The monoisotopic (exact) mass is 330 g/mol. The third-order valence-electron chi connectivity index (χ3n) is 3.20. The predicted octanol–water partition coefficient (Wildman–Crippen LogP) is 3.68. The van der Waals surface area contributed by atoms with E-state index in [9.17, 15) is 13.6 Å². The van der Waals surface area contributed by atoms with Gasteiger partial charge in [0.1, 0.15) is 11.6 Å². The highest BCUT2D eigenvalue weighted by molar-refractivity contribution is 5.89. The van der Waals surface area contributed by atoms with Crippen LogP contribution in [0.2, 0.25) is 0 Å². The second-order valence-electron chi connectivity index (χ2n) is 5.11. The number of benzene rings is 2. The van der Waals surface area contributed by atoms with Gasteiger partial charge in [-0.15, -0.1) is 0 Å². The second kappa shape index (κ2) is 6.57. The summed E-state index contributed by atoms with van der Waals surface area (Å²) in [5.74, 6) is -2.17. The highest BCUT2D eigenvalue weighted by Gasteiger charge is 2.14. The number of hydrogen-bond acceptors (Lipinski definition) is 5. The van der Waals surface area contributed by atoms with E-state index in [-0.39, 0.29) is 18.1 Å². The molecule has 0 spiro atoms. The first kappa shape index (κ1) is 15.8. The molecule has 0 saturated heterocycles. The van der Waals surface area contributed by atoms with Crippen molar-refractivity contribution in [1.29, 1.82) is 0 Å². The molecular weight excluding hydrogens is 318 g/mol. The Hall–Kier alpha value is -3.09. The zero-order chi connectivity index (χ0) is 17.1. The zero-order valence-corrected chi connectivity index (χ0v) is 12.6. The minimum absolute atomic E-state index is 0.0794. The fourth-order valence-electron chi connectivity index (χ4n) is 2.02. The molecule has 0 fully saturated rings. The van der Waals surface area contributed by atoms with E-state index in [0.717, 1.165) is 23.3 Å². The number of carbonyl (C=O) groups is 1. The van der Waals surface area contributed by atoms with Gasteiger partial charge in [0.05, 0.1) is 5.56 Å². The van der Waals surface area contributed by atoms with Crippen LogP contribution in [0, 0.1) is 18.6 Å². The van der Waals surface area contributed by atoms with Gasteiger partial charge in [0, 0.05) is 11.6 Å². The van der Waals surface area contributed by atoms with Gasteiger partial charge < -0.3 is 9.26 Å². The van der Waals surface area contributed by atoms with Gasteiger partial charge in [0.25, 0.3) is 5.89 Å². The summed E-state index contributed by atoms with van der Waals surface area (Å²) >= 11 is 0. The summed E-state index contributed by atoms with van der Waals surface area (Å²) in [6.07, 6.45) is 0. The van der Waals surface area contributed by atoms with Gasteiger partial charge in [0.15, 0.2) is 6.61 Å². The van der Waals surface area contributed by atoms with E-state index in [2.05, 4.69) is 10.1 Å². The number of esters is 1. The van der Waals surface area contributed by atoms with Gasteiger partial charge in [-0.05, 0) is 19.1 Å². The summed E-state index contributed by atoms with van der Waals surface area (Å²) < 4.78 is 36.1. The first-order valence-electron chi connectivity index (χ1n) is 7.04. The van der Waals surface area contributed by atoms with Crippen LogP contribution in [-0.2, 0) is 11.3 Å². The van der Waals surface area contributed by atoms with E-state index in [0.29, 0.717) is 11.9 Å². The van der Waals surface area contributed by atoms with Crippen LogP contribution in [0.25, 0.3) is 11.4 Å². The number of ether oxygens (including phenoxy) is 1. The van der Waals surface area contributed by atoms with Crippen molar-refractivity contribution in [3.8, 4) is 11.4 Å². The highest BCUT2D eigenvalue weighted by Crippen LogP contribution is 2.17. The van der Waals surface area contributed by atoms with Crippen molar-refractivity contribution >= 4 is 5.97 Å². The minimum atomic E-state index is -0.886. The van der Waals surface area contributed by atoms with Crippen LogP contribution in [0.1, 0.15) is 21.8 Å². The molecule has 5 nitrogen and oxygen atoms in total. The molecule has 122 valence electrons. The molecule has 0 atom stereocenters. The zero-order valence-electron chi connectivity index (χ0n) is 12.6. The van der Waals surface area contributed by atoms with Crippen LogP contribution >= 0.6 is 0 Å². The Balaban J connectivity index is 1.67. The number of rotatable bonds is 4. The van der Waals surface area contributed by atoms with Crippen LogP contribution < -0.4 is 0 Å². The maximum Gasteiger partial charge on any atom is 0.338 e. The maximum atomic E-state index is 13.1. The molecule has 0 unspecified atom stereocenters. The normalized spacial score (nSPS) is 10.6. The van der Waals surface area contributed by atoms with E-state index in [1.807, 2.05) is 31.2 Å². The average Bonchev–Trinajstić information content (AvgIpc) is 3.01. The number of nitrogens with zero attached hydrogens (tertiary/aromatic N) is 2. The molecule has 3 rings (SSSR count). The topological polar surface area (TPSA) is 65.2 Å². The summed E-state index contributed by atoms with van der Waals surface area (Å²) in [4.78, 5) is 15.9. The lowest BCUT2D eigenvalue weighted by molar-refractivity contribution is 0.0428. The SMILES string of the molecule is Cc1ccc(-c2noc(COC(=O)c3cc(F)cc(F)c3)n2)cc1. The van der Waals surface area contributed by atoms with Gasteiger partial charge in [-0.1, -0.05) is 35.0 Å². The molecule has 7 heteroatoms. The molecule has 0 bridgehead atoms. The Kier molecular flexibility index (Phi) is 4.33. The number of halogens is 2. The summed E-state index contributed by atoms with van der Waals surface area (Å²) in [6, 6.07) is 9.93. The Morgan fingerprint density at radius 1 is 1.12 bits per heavy atom. The molecule has 0 amide bonds. The summed E-state index contributed by atoms with van der Waals surface area (Å²) in [5.41, 5.74) is 1.62. The molecule has 0 N–H and O–H groups in total. The molecule has 0 radical (unpaired) electrons. The van der Waals surface area contributed by atoms with Crippen molar-refractivity contribution in [3.63, 3.8) is 0 Å². The second-order valence-corrected chi connectivity index (χ2v) is 5.11. The van der Waals surface area contributed by atoms with E-state index >= 15 is 0 Å². The van der Waals surface area contributed by atoms with Crippen molar-refractivity contribution in [2.75, 3.05) is 0 Å². The Bertz CT molecular complexity index is 856. The average molecular weight is 330 g/mol. The summed E-state index contributed by atoms with van der Waals surface area (Å²) in [7, 11) is 0. The number of aromatic nitrogens is 2. The Morgan fingerprint density at radius 2 is 1.79 bits per heavy atom. The third-order valence-corrected chi connectivity index (χ3v) is 3.20. The lowest BCUT2D eigenvalue weighted by Crippen LogP contribution is -2.06. The molecule has 1 heterocycles. The lowest BCUT2D eigenvalue weighted by Gasteiger charge is -2.02. The number of hydrogen-bond donors (Lipinski definition) is 0. The van der Waals surface area contributed by atoms with Crippen LogP contribution in [0.5, 0.6) is 0 Å². The van der Waals surface area contributed by atoms with Crippen molar-refractivity contribution in [1.82, 2.24) is 10.1 Å². The van der Waals surface area contributed by atoms with Gasteiger partial charge in [-0.25, -0.2) is 13.6 Å². The largest absolute Gasteiger partial charge is 0.452 e. The lowest BCUT2D eigenvalue weighted by atomic mass is 10.1. The fourth-order valence-corrected chi connectivity index (χ4v) is 2.02. The first-order valence-corrected chi connectivity index (χ1v) is 7.04. The van der Waals surface area contributed by atoms with E-state index < -0.39 is 17.6 Å². The van der Waals surface area contributed by atoms with Crippen molar-refractivity contribution in [2.45, 2.75) is 13.5 Å². The van der Waals surface area contributed by atoms with Gasteiger partial charge in [0.2, 0.25) is 5.82 Å². The third kappa shape index (κ3) is 3.62. The van der Waals surface area contributed by atoms with Crippen LogP contribution in [-0.4, -0.2) is 16.1 Å². The summed E-state index contributed by atoms with van der Waals surface area (Å²) in [6.45, 7) is 1.66. The van der Waals surface area contributed by atoms with Gasteiger partial charge in [-0.2, -0.15) is 4.98 Å². The van der Waals surface area contributed by atoms with E-state index in [1.54, 1.807) is 0 Å². The molecule has 0 aliphatic rings. The quantitative estimate of drug-likeness (QED) is 0.683. The van der Waals surface area contributed by atoms with E-state index in [1.165, 1.54) is 0 Å². The van der Waals surface area contributed by atoms with Gasteiger partial charge in [-0.3, -0.25) is 0 Å². The van der Waals surface area contributed by atoms with Crippen LogP contribution in [0.3, 0.4) is 0 Å². The molecule has 3 aromatic rings. The van der Waals surface area contributed by atoms with E-state index in [4.69, 9.17) is 9.26 Å². The molecule has 0 saturated carbocycles.